The lowest BCUT2D eigenvalue weighted by atomic mass is 9.92. The predicted octanol–water partition coefficient (Wildman–Crippen LogP) is 14.3. The molecule has 0 saturated heterocycles. The van der Waals surface area contributed by atoms with E-state index in [1.54, 1.807) is 0 Å². The van der Waals surface area contributed by atoms with Gasteiger partial charge in [-0.25, -0.2) is 0 Å². The lowest BCUT2D eigenvalue weighted by molar-refractivity contribution is 1.32. The summed E-state index contributed by atoms with van der Waals surface area (Å²) in [6.45, 7) is 0. The van der Waals surface area contributed by atoms with E-state index in [1.807, 2.05) is 11.3 Å². The standard InChI is InChI=1S/C48H31NS/c1-2-13-32(14-3-1)33-27-29-36(30-28-33)49(45-25-11-18-35-16-5-7-20-38(35)45)46-26-12-24-42-44-31-43(39-23-10-17-34-15-4-6-19-37(34)39)40-21-8-9-22-41(40)47(44)50-48(42)46/h1-31H. The van der Waals surface area contributed by atoms with Crippen molar-refractivity contribution < 1.29 is 0 Å². The Morgan fingerprint density at radius 1 is 0.320 bits per heavy atom. The van der Waals surface area contributed by atoms with Gasteiger partial charge in [-0.2, -0.15) is 0 Å². The van der Waals surface area contributed by atoms with Crippen LogP contribution >= 0.6 is 11.3 Å². The molecule has 10 rings (SSSR count). The lowest BCUT2D eigenvalue weighted by Crippen LogP contribution is -2.10. The van der Waals surface area contributed by atoms with Gasteiger partial charge in [0, 0.05) is 31.9 Å². The summed E-state index contributed by atoms with van der Waals surface area (Å²) in [6.07, 6.45) is 0. The van der Waals surface area contributed by atoms with Gasteiger partial charge in [-0.05, 0) is 74.1 Å². The molecule has 0 aliphatic heterocycles. The molecule has 1 heterocycles. The van der Waals surface area contributed by atoms with Crippen LogP contribution in [0.25, 0.3) is 74.7 Å². The van der Waals surface area contributed by atoms with Crippen LogP contribution in [-0.2, 0) is 0 Å². The van der Waals surface area contributed by atoms with Crippen molar-refractivity contribution in [1.82, 2.24) is 0 Å². The van der Waals surface area contributed by atoms with Gasteiger partial charge < -0.3 is 4.90 Å². The second-order valence-electron chi connectivity index (χ2n) is 12.9. The summed E-state index contributed by atoms with van der Waals surface area (Å²) < 4.78 is 2.60. The summed E-state index contributed by atoms with van der Waals surface area (Å²) >= 11 is 1.91. The first kappa shape index (κ1) is 28.8. The summed E-state index contributed by atoms with van der Waals surface area (Å²) in [5.41, 5.74) is 8.46. The molecule has 0 radical (unpaired) electrons. The number of hydrogen-bond acceptors (Lipinski definition) is 2. The van der Waals surface area contributed by atoms with E-state index in [9.17, 15) is 0 Å². The molecule has 234 valence electrons. The number of benzene rings is 9. The molecule has 0 N–H and O–H groups in total. The van der Waals surface area contributed by atoms with E-state index >= 15 is 0 Å². The van der Waals surface area contributed by atoms with E-state index < -0.39 is 0 Å². The molecule has 0 fully saturated rings. The van der Waals surface area contributed by atoms with Gasteiger partial charge in [0.2, 0.25) is 0 Å². The third-order valence-corrected chi connectivity index (χ3v) is 11.3. The maximum Gasteiger partial charge on any atom is 0.0640 e. The van der Waals surface area contributed by atoms with Crippen molar-refractivity contribution in [2.45, 2.75) is 0 Å². The average Bonchev–Trinajstić information content (AvgIpc) is 3.58. The molecular weight excluding hydrogens is 623 g/mol. The molecule has 9 aromatic carbocycles. The SMILES string of the molecule is c1ccc(-c2ccc(N(c3cccc4ccccc34)c3cccc4c3sc3c5ccccc5c(-c5cccc6ccccc56)cc43)cc2)cc1. The lowest BCUT2D eigenvalue weighted by Gasteiger charge is -2.27. The first-order valence-electron chi connectivity index (χ1n) is 17.1. The minimum Gasteiger partial charge on any atom is -0.308 e. The normalized spacial score (nSPS) is 11.6. The molecule has 0 bridgehead atoms. The Labute approximate surface area is 294 Å². The Hall–Kier alpha value is -6.22. The quantitative estimate of drug-likeness (QED) is 0.179. The Morgan fingerprint density at radius 2 is 0.860 bits per heavy atom. The highest BCUT2D eigenvalue weighted by Gasteiger charge is 2.21. The first-order valence-corrected chi connectivity index (χ1v) is 17.9. The fraction of sp³-hybridized carbons (Fsp3) is 0. The van der Waals surface area contributed by atoms with Crippen LogP contribution in [0.4, 0.5) is 17.1 Å². The molecular formula is C48H31NS. The van der Waals surface area contributed by atoms with Crippen LogP contribution in [0.15, 0.2) is 188 Å². The Morgan fingerprint density at radius 3 is 1.66 bits per heavy atom. The minimum atomic E-state index is 1.13. The van der Waals surface area contributed by atoms with Crippen LogP contribution < -0.4 is 4.90 Å². The molecule has 0 atom stereocenters. The Bertz CT molecular complexity index is 2860. The molecule has 2 heteroatoms. The van der Waals surface area contributed by atoms with Crippen LogP contribution in [0, 0.1) is 0 Å². The van der Waals surface area contributed by atoms with Crippen molar-refractivity contribution in [2.75, 3.05) is 4.90 Å². The highest BCUT2D eigenvalue weighted by atomic mass is 32.1. The monoisotopic (exact) mass is 653 g/mol. The van der Waals surface area contributed by atoms with Crippen molar-refractivity contribution in [3.8, 4) is 22.3 Å². The van der Waals surface area contributed by atoms with Crippen molar-refractivity contribution in [3.05, 3.63) is 188 Å². The third kappa shape index (κ3) is 4.61. The van der Waals surface area contributed by atoms with E-state index in [4.69, 9.17) is 0 Å². The van der Waals surface area contributed by atoms with Crippen molar-refractivity contribution in [3.63, 3.8) is 0 Å². The molecule has 0 aliphatic carbocycles. The summed E-state index contributed by atoms with van der Waals surface area (Å²) in [4.78, 5) is 2.46. The predicted molar refractivity (Wildman–Crippen MR) is 217 cm³/mol. The van der Waals surface area contributed by atoms with Gasteiger partial charge >= 0.3 is 0 Å². The van der Waals surface area contributed by atoms with E-state index in [2.05, 4.69) is 193 Å². The maximum absolute atomic E-state index is 2.46. The van der Waals surface area contributed by atoms with Crippen LogP contribution in [0.3, 0.4) is 0 Å². The number of nitrogens with zero attached hydrogens (tertiary/aromatic N) is 1. The molecule has 50 heavy (non-hydrogen) atoms. The second kappa shape index (κ2) is 11.7. The summed E-state index contributed by atoms with van der Waals surface area (Å²) in [6, 6.07) is 68.6. The molecule has 10 aromatic rings. The zero-order valence-corrected chi connectivity index (χ0v) is 28.1. The fourth-order valence-electron chi connectivity index (χ4n) is 7.71. The zero-order chi connectivity index (χ0) is 33.0. The molecule has 0 saturated carbocycles. The van der Waals surface area contributed by atoms with Crippen LogP contribution in [-0.4, -0.2) is 0 Å². The van der Waals surface area contributed by atoms with E-state index in [0.29, 0.717) is 0 Å². The number of thiophene rings is 1. The molecule has 0 aliphatic rings. The van der Waals surface area contributed by atoms with Gasteiger partial charge in [-0.1, -0.05) is 158 Å². The van der Waals surface area contributed by atoms with Gasteiger partial charge in [0.05, 0.1) is 16.1 Å². The van der Waals surface area contributed by atoms with Gasteiger partial charge in [0.15, 0.2) is 0 Å². The largest absolute Gasteiger partial charge is 0.308 e. The smallest absolute Gasteiger partial charge is 0.0640 e. The average molecular weight is 654 g/mol. The van der Waals surface area contributed by atoms with E-state index in [-0.39, 0.29) is 0 Å². The number of hydrogen-bond donors (Lipinski definition) is 0. The summed E-state index contributed by atoms with van der Waals surface area (Å²) in [7, 11) is 0. The van der Waals surface area contributed by atoms with Crippen LogP contribution in [0.2, 0.25) is 0 Å². The highest BCUT2D eigenvalue weighted by molar-refractivity contribution is 7.27. The van der Waals surface area contributed by atoms with Crippen molar-refractivity contribution >= 4 is 80.9 Å². The number of anilines is 3. The third-order valence-electron chi connectivity index (χ3n) is 10.0. The molecule has 1 nitrogen and oxygen atoms in total. The highest BCUT2D eigenvalue weighted by Crippen LogP contribution is 2.49. The molecule has 0 spiro atoms. The van der Waals surface area contributed by atoms with Crippen molar-refractivity contribution in [2.24, 2.45) is 0 Å². The number of fused-ring (bicyclic) bond motifs is 7. The molecule has 1 aromatic heterocycles. The Balaban J connectivity index is 1.25. The van der Waals surface area contributed by atoms with Gasteiger partial charge in [0.25, 0.3) is 0 Å². The van der Waals surface area contributed by atoms with Gasteiger partial charge in [-0.3, -0.25) is 0 Å². The summed E-state index contributed by atoms with van der Waals surface area (Å²) in [5.74, 6) is 0. The zero-order valence-electron chi connectivity index (χ0n) is 27.3. The van der Waals surface area contributed by atoms with Gasteiger partial charge in [0.1, 0.15) is 0 Å². The number of rotatable bonds is 5. The van der Waals surface area contributed by atoms with Gasteiger partial charge in [-0.15, -0.1) is 11.3 Å². The maximum atomic E-state index is 2.46. The molecule has 0 amide bonds. The second-order valence-corrected chi connectivity index (χ2v) is 13.9. The van der Waals surface area contributed by atoms with E-state index in [0.717, 1.165) is 5.69 Å². The van der Waals surface area contributed by atoms with Crippen molar-refractivity contribution in [1.29, 1.82) is 0 Å². The Kier molecular flexibility index (Phi) is 6.75. The topological polar surface area (TPSA) is 3.24 Å². The fourth-order valence-corrected chi connectivity index (χ4v) is 9.03. The minimum absolute atomic E-state index is 1.13. The first-order chi connectivity index (χ1) is 24.8. The van der Waals surface area contributed by atoms with Crippen LogP contribution in [0.5, 0.6) is 0 Å². The molecule has 0 unspecified atom stereocenters. The summed E-state index contributed by atoms with van der Waals surface area (Å²) in [5, 5.41) is 10.1. The van der Waals surface area contributed by atoms with E-state index in [1.165, 1.54) is 86.1 Å². The van der Waals surface area contributed by atoms with Crippen LogP contribution in [0.1, 0.15) is 0 Å².